The third-order valence-corrected chi connectivity index (χ3v) is 6.14. The highest BCUT2D eigenvalue weighted by molar-refractivity contribution is 5.73. The molecule has 100 valence electrons. The van der Waals surface area contributed by atoms with Gasteiger partial charge in [0.05, 0.1) is 0 Å². The van der Waals surface area contributed by atoms with Gasteiger partial charge in [-0.3, -0.25) is 9.69 Å². The molecule has 1 unspecified atom stereocenters. The Morgan fingerprint density at radius 3 is 2.17 bits per heavy atom. The second kappa shape index (κ2) is 3.96. The van der Waals surface area contributed by atoms with Gasteiger partial charge in [0.25, 0.3) is 0 Å². The number of carboxylic acid groups (broad SMARTS) is 1. The Hall–Kier alpha value is -0.570. The lowest BCUT2D eigenvalue weighted by Gasteiger charge is -2.57. The highest BCUT2D eigenvalue weighted by Gasteiger charge is 2.52. The summed E-state index contributed by atoms with van der Waals surface area (Å²) in [5.74, 6) is 3.02. The van der Waals surface area contributed by atoms with E-state index in [-0.39, 0.29) is 6.04 Å². The summed E-state index contributed by atoms with van der Waals surface area (Å²) in [6.45, 7) is 1.03. The van der Waals surface area contributed by atoms with Crippen LogP contribution >= 0.6 is 0 Å². The molecule has 5 rings (SSSR count). The van der Waals surface area contributed by atoms with Crippen LogP contribution in [0.15, 0.2) is 0 Å². The molecule has 0 amide bonds. The molecular weight excluding hydrogens is 226 g/mol. The minimum absolute atomic E-state index is 0.174. The van der Waals surface area contributed by atoms with Crippen molar-refractivity contribution in [1.29, 1.82) is 0 Å². The molecule has 3 nitrogen and oxygen atoms in total. The average Bonchev–Trinajstić information content (AvgIpc) is 2.76. The lowest BCUT2D eigenvalue weighted by Crippen LogP contribution is -2.58. The Morgan fingerprint density at radius 2 is 1.61 bits per heavy atom. The van der Waals surface area contributed by atoms with Crippen molar-refractivity contribution < 1.29 is 9.90 Å². The van der Waals surface area contributed by atoms with E-state index in [4.69, 9.17) is 0 Å². The summed E-state index contributed by atoms with van der Waals surface area (Å²) >= 11 is 0. The smallest absolute Gasteiger partial charge is 0.320 e. The maximum Gasteiger partial charge on any atom is 0.320 e. The molecule has 1 saturated heterocycles. The van der Waals surface area contributed by atoms with Crippen molar-refractivity contribution in [3.63, 3.8) is 0 Å². The predicted octanol–water partition coefficient (Wildman–Crippen LogP) is 2.36. The van der Waals surface area contributed by atoms with Gasteiger partial charge < -0.3 is 5.11 Å². The fourth-order valence-corrected chi connectivity index (χ4v) is 5.85. The number of hydrogen-bond donors (Lipinski definition) is 1. The molecule has 0 aromatic heterocycles. The van der Waals surface area contributed by atoms with Crippen molar-refractivity contribution in [3.05, 3.63) is 0 Å². The number of rotatable bonds is 2. The summed E-state index contributed by atoms with van der Waals surface area (Å²) in [6, 6.07) is 0.439. The van der Waals surface area contributed by atoms with E-state index in [2.05, 4.69) is 4.90 Å². The molecule has 0 aromatic carbocycles. The van der Waals surface area contributed by atoms with Crippen molar-refractivity contribution in [2.24, 2.45) is 23.7 Å². The van der Waals surface area contributed by atoms with E-state index in [0.29, 0.717) is 6.04 Å². The van der Waals surface area contributed by atoms with Gasteiger partial charge in [0.2, 0.25) is 0 Å². The SMILES string of the molecule is O=C(O)C1CCCN1C1C2CC3CC(C2)CC1C3. The zero-order valence-corrected chi connectivity index (χ0v) is 10.9. The van der Waals surface area contributed by atoms with E-state index in [9.17, 15) is 9.90 Å². The summed E-state index contributed by atoms with van der Waals surface area (Å²) in [5, 5.41) is 9.40. The van der Waals surface area contributed by atoms with E-state index < -0.39 is 5.97 Å². The van der Waals surface area contributed by atoms with E-state index in [0.717, 1.165) is 43.1 Å². The third kappa shape index (κ3) is 1.56. The van der Waals surface area contributed by atoms with Crippen LogP contribution in [0.2, 0.25) is 0 Å². The van der Waals surface area contributed by atoms with E-state index >= 15 is 0 Å². The van der Waals surface area contributed by atoms with Crippen molar-refractivity contribution in [2.45, 2.75) is 57.0 Å². The van der Waals surface area contributed by atoms with Crippen molar-refractivity contribution in [2.75, 3.05) is 6.54 Å². The Labute approximate surface area is 109 Å². The standard InChI is InChI=1S/C15H23NO2/c17-15(18)13-2-1-3-16(13)14-11-5-9-4-10(7-11)8-12(14)6-9/h9-14H,1-8H2,(H,17,18). The number of nitrogens with zero attached hydrogens (tertiary/aromatic N) is 1. The zero-order chi connectivity index (χ0) is 12.3. The van der Waals surface area contributed by atoms with Gasteiger partial charge in [0.1, 0.15) is 6.04 Å². The van der Waals surface area contributed by atoms with Gasteiger partial charge in [-0.15, -0.1) is 0 Å². The van der Waals surface area contributed by atoms with Gasteiger partial charge in [-0.05, 0) is 75.2 Å². The molecule has 1 heterocycles. The topological polar surface area (TPSA) is 40.5 Å². The molecular formula is C15H23NO2. The average molecular weight is 249 g/mol. The van der Waals surface area contributed by atoms with Crippen LogP contribution in [-0.4, -0.2) is 34.6 Å². The molecule has 1 atom stereocenters. The van der Waals surface area contributed by atoms with Gasteiger partial charge in [0.15, 0.2) is 0 Å². The lowest BCUT2D eigenvalue weighted by atomic mass is 9.54. The molecule has 4 bridgehead atoms. The third-order valence-electron chi connectivity index (χ3n) is 6.14. The van der Waals surface area contributed by atoms with E-state index in [1.54, 1.807) is 0 Å². The van der Waals surface area contributed by atoms with Crippen LogP contribution in [-0.2, 0) is 4.79 Å². The molecule has 4 saturated carbocycles. The van der Waals surface area contributed by atoms with Gasteiger partial charge in [-0.25, -0.2) is 0 Å². The van der Waals surface area contributed by atoms with Crippen molar-refractivity contribution in [3.8, 4) is 0 Å². The number of likely N-dealkylation sites (tertiary alicyclic amines) is 1. The quantitative estimate of drug-likeness (QED) is 0.816. The van der Waals surface area contributed by atoms with E-state index in [1.165, 1.54) is 32.1 Å². The first kappa shape index (κ1) is 11.3. The Bertz CT molecular complexity index is 340. The molecule has 0 aromatic rings. The maximum atomic E-state index is 11.4. The van der Waals surface area contributed by atoms with Crippen molar-refractivity contribution >= 4 is 5.97 Å². The molecule has 1 aliphatic heterocycles. The molecule has 4 aliphatic carbocycles. The largest absolute Gasteiger partial charge is 0.480 e. The zero-order valence-electron chi connectivity index (χ0n) is 10.9. The van der Waals surface area contributed by atoms with Gasteiger partial charge in [0, 0.05) is 6.04 Å². The summed E-state index contributed by atoms with van der Waals surface area (Å²) in [5.41, 5.74) is 0. The summed E-state index contributed by atoms with van der Waals surface area (Å²) in [7, 11) is 0. The van der Waals surface area contributed by atoms with Crippen LogP contribution in [0.1, 0.15) is 44.9 Å². The molecule has 0 spiro atoms. The number of carboxylic acids is 1. The minimum atomic E-state index is -0.582. The summed E-state index contributed by atoms with van der Waals surface area (Å²) in [4.78, 5) is 13.8. The molecule has 5 fully saturated rings. The van der Waals surface area contributed by atoms with Crippen molar-refractivity contribution in [1.82, 2.24) is 4.90 Å². The maximum absolute atomic E-state index is 11.4. The Balaban J connectivity index is 1.59. The second-order valence-electron chi connectivity index (χ2n) is 7.16. The van der Waals surface area contributed by atoms with Crippen LogP contribution < -0.4 is 0 Å². The van der Waals surface area contributed by atoms with Gasteiger partial charge >= 0.3 is 5.97 Å². The molecule has 1 N–H and O–H groups in total. The Morgan fingerprint density at radius 1 is 1.00 bits per heavy atom. The lowest BCUT2D eigenvalue weighted by molar-refractivity contribution is -0.146. The molecule has 0 radical (unpaired) electrons. The highest BCUT2D eigenvalue weighted by atomic mass is 16.4. The highest BCUT2D eigenvalue weighted by Crippen LogP contribution is 2.55. The van der Waals surface area contributed by atoms with E-state index in [1.807, 2.05) is 0 Å². The monoisotopic (exact) mass is 249 g/mol. The second-order valence-corrected chi connectivity index (χ2v) is 7.16. The number of aliphatic carboxylic acids is 1. The van der Waals surface area contributed by atoms with Crippen LogP contribution in [0.5, 0.6) is 0 Å². The fourth-order valence-electron chi connectivity index (χ4n) is 5.85. The predicted molar refractivity (Wildman–Crippen MR) is 68.2 cm³/mol. The number of carbonyl (C=O) groups is 1. The normalized spacial score (nSPS) is 50.9. The van der Waals surface area contributed by atoms with Gasteiger partial charge in [-0.1, -0.05) is 0 Å². The first-order valence-electron chi connectivity index (χ1n) is 7.71. The molecule has 3 heteroatoms. The van der Waals surface area contributed by atoms with Crippen LogP contribution in [0, 0.1) is 23.7 Å². The van der Waals surface area contributed by atoms with Gasteiger partial charge in [-0.2, -0.15) is 0 Å². The first-order chi connectivity index (χ1) is 8.72. The fraction of sp³-hybridized carbons (Fsp3) is 0.933. The Kier molecular flexibility index (Phi) is 2.48. The first-order valence-corrected chi connectivity index (χ1v) is 7.71. The summed E-state index contributed by atoms with van der Waals surface area (Å²) in [6.07, 6.45) is 8.99. The van der Waals surface area contributed by atoms with Crippen LogP contribution in [0.3, 0.4) is 0 Å². The molecule has 5 aliphatic rings. The van der Waals surface area contributed by atoms with Crippen LogP contribution in [0.4, 0.5) is 0 Å². The number of hydrogen-bond acceptors (Lipinski definition) is 2. The summed E-state index contributed by atoms with van der Waals surface area (Å²) < 4.78 is 0. The molecule has 18 heavy (non-hydrogen) atoms. The minimum Gasteiger partial charge on any atom is -0.480 e. The van der Waals surface area contributed by atoms with Crippen LogP contribution in [0.25, 0.3) is 0 Å².